The molecule has 1 aromatic heterocycles. The average molecular weight is 344 g/mol. The molecule has 7 nitrogen and oxygen atoms in total. The number of H-pyrrole nitrogens is 1. The first-order chi connectivity index (χ1) is 11.9. The zero-order valence-electron chi connectivity index (χ0n) is 14.0. The highest BCUT2D eigenvalue weighted by molar-refractivity contribution is 6.03. The Kier molecular flexibility index (Phi) is 4.26. The highest BCUT2D eigenvalue weighted by Gasteiger charge is 2.37. The molecule has 0 bridgehead atoms. The van der Waals surface area contributed by atoms with Gasteiger partial charge in [-0.3, -0.25) is 10.00 Å². The zero-order chi connectivity index (χ0) is 18.1. The molecule has 0 aliphatic carbocycles. The highest BCUT2D eigenvalue weighted by Crippen LogP contribution is 2.33. The summed E-state index contributed by atoms with van der Waals surface area (Å²) in [4.78, 5) is 26.2. The molecule has 1 atom stereocenters. The fraction of sp³-hybridized carbons (Fsp3) is 0.235. The van der Waals surface area contributed by atoms with E-state index >= 15 is 0 Å². The van der Waals surface area contributed by atoms with E-state index in [9.17, 15) is 14.0 Å². The Morgan fingerprint density at radius 3 is 2.68 bits per heavy atom. The van der Waals surface area contributed by atoms with Gasteiger partial charge < -0.3 is 10.1 Å². The summed E-state index contributed by atoms with van der Waals surface area (Å²) in [6.45, 7) is 3.25. The van der Waals surface area contributed by atoms with Crippen LogP contribution in [-0.2, 0) is 9.53 Å². The predicted octanol–water partition coefficient (Wildman–Crippen LogP) is 2.58. The molecule has 2 aromatic rings. The number of allylic oxidation sites excluding steroid dienone is 1. The van der Waals surface area contributed by atoms with Crippen LogP contribution < -0.4 is 10.2 Å². The molecular weight excluding hydrogens is 327 g/mol. The van der Waals surface area contributed by atoms with Gasteiger partial charge in [0.1, 0.15) is 11.9 Å². The van der Waals surface area contributed by atoms with Crippen molar-refractivity contribution in [2.24, 2.45) is 0 Å². The zero-order valence-corrected chi connectivity index (χ0v) is 14.0. The van der Waals surface area contributed by atoms with Gasteiger partial charge in [0.2, 0.25) is 0 Å². The number of amides is 2. The maximum atomic E-state index is 13.9. The number of methoxy groups -OCH3 is 1. The minimum Gasteiger partial charge on any atom is -0.466 e. The number of aromatic amines is 1. The molecule has 130 valence electrons. The van der Waals surface area contributed by atoms with Crippen LogP contribution in [0, 0.1) is 12.7 Å². The number of anilines is 1. The largest absolute Gasteiger partial charge is 0.466 e. The number of hydrogen-bond acceptors (Lipinski definition) is 4. The maximum Gasteiger partial charge on any atom is 0.338 e. The van der Waals surface area contributed by atoms with Gasteiger partial charge in [-0.05, 0) is 37.6 Å². The Bertz CT molecular complexity index is 861. The monoisotopic (exact) mass is 344 g/mol. The third kappa shape index (κ3) is 2.86. The highest BCUT2D eigenvalue weighted by atomic mass is 19.1. The van der Waals surface area contributed by atoms with Gasteiger partial charge >= 0.3 is 12.0 Å². The summed E-state index contributed by atoms with van der Waals surface area (Å²) < 4.78 is 18.8. The van der Waals surface area contributed by atoms with Crippen molar-refractivity contribution in [3.05, 3.63) is 58.8 Å². The number of aryl methyl sites for hydroxylation is 1. The molecule has 0 radical (unpaired) electrons. The molecule has 2 heterocycles. The van der Waals surface area contributed by atoms with Gasteiger partial charge in [-0.25, -0.2) is 14.0 Å². The van der Waals surface area contributed by atoms with Crippen molar-refractivity contribution < 1.29 is 18.7 Å². The molecule has 0 spiro atoms. The normalized spacial score (nSPS) is 17.5. The summed E-state index contributed by atoms with van der Waals surface area (Å²) >= 11 is 0. The lowest BCUT2D eigenvalue weighted by molar-refractivity contribution is -0.136. The number of hydrogen-bond donors (Lipinski definition) is 2. The van der Waals surface area contributed by atoms with E-state index in [4.69, 9.17) is 4.74 Å². The predicted molar refractivity (Wildman–Crippen MR) is 88.2 cm³/mol. The first-order valence-corrected chi connectivity index (χ1v) is 7.59. The number of rotatable bonds is 3. The number of carbonyl (C=O) groups excluding carboxylic acids is 2. The Morgan fingerprint density at radius 1 is 1.32 bits per heavy atom. The van der Waals surface area contributed by atoms with Crippen molar-refractivity contribution in [3.8, 4) is 0 Å². The lowest BCUT2D eigenvalue weighted by atomic mass is 9.98. The lowest BCUT2D eigenvalue weighted by Crippen LogP contribution is -2.48. The smallest absolute Gasteiger partial charge is 0.338 e. The van der Waals surface area contributed by atoms with Crippen LogP contribution in [0.1, 0.15) is 24.2 Å². The van der Waals surface area contributed by atoms with Gasteiger partial charge in [0.05, 0.1) is 24.1 Å². The number of halogens is 1. The molecule has 0 fully saturated rings. The van der Waals surface area contributed by atoms with Crippen molar-refractivity contribution in [1.29, 1.82) is 0 Å². The summed E-state index contributed by atoms with van der Waals surface area (Å²) in [5.41, 5.74) is 1.93. The first-order valence-electron chi connectivity index (χ1n) is 7.59. The van der Waals surface area contributed by atoms with Crippen LogP contribution in [0.4, 0.5) is 14.9 Å². The van der Waals surface area contributed by atoms with Crippen LogP contribution in [0.2, 0.25) is 0 Å². The van der Waals surface area contributed by atoms with E-state index in [1.165, 1.54) is 24.3 Å². The van der Waals surface area contributed by atoms with Crippen molar-refractivity contribution >= 4 is 17.7 Å². The molecule has 2 N–H and O–H groups in total. The fourth-order valence-corrected chi connectivity index (χ4v) is 2.81. The summed E-state index contributed by atoms with van der Waals surface area (Å²) in [6, 6.07) is 4.89. The van der Waals surface area contributed by atoms with E-state index in [1.807, 2.05) is 0 Å². The van der Waals surface area contributed by atoms with E-state index in [-0.39, 0.29) is 5.57 Å². The van der Waals surface area contributed by atoms with E-state index in [0.717, 1.165) is 0 Å². The molecular formula is C17H17FN4O3. The van der Waals surface area contributed by atoms with Crippen molar-refractivity contribution in [2.45, 2.75) is 19.9 Å². The molecule has 0 unspecified atom stereocenters. The van der Waals surface area contributed by atoms with E-state index in [2.05, 4.69) is 15.5 Å². The number of aromatic nitrogens is 2. The number of benzene rings is 1. The van der Waals surface area contributed by atoms with Crippen LogP contribution in [0.3, 0.4) is 0 Å². The molecule has 25 heavy (non-hydrogen) atoms. The lowest BCUT2D eigenvalue weighted by Gasteiger charge is -2.34. The maximum absolute atomic E-state index is 13.9. The molecule has 2 amide bonds. The summed E-state index contributed by atoms with van der Waals surface area (Å²) in [5, 5.41) is 9.33. The number of esters is 1. The molecule has 1 aliphatic rings. The fourth-order valence-electron chi connectivity index (χ4n) is 2.81. The van der Waals surface area contributed by atoms with Crippen LogP contribution in [0.5, 0.6) is 0 Å². The Morgan fingerprint density at radius 2 is 2.08 bits per heavy atom. The van der Waals surface area contributed by atoms with Gasteiger partial charge in [-0.15, -0.1) is 0 Å². The van der Waals surface area contributed by atoms with E-state index < -0.39 is 23.9 Å². The van der Waals surface area contributed by atoms with E-state index in [1.54, 1.807) is 32.0 Å². The van der Waals surface area contributed by atoms with Crippen molar-refractivity contribution in [3.63, 3.8) is 0 Å². The van der Waals surface area contributed by atoms with Gasteiger partial charge in [0, 0.05) is 11.9 Å². The number of carbonyl (C=O) groups is 2. The van der Waals surface area contributed by atoms with Gasteiger partial charge in [0.15, 0.2) is 0 Å². The standard InChI is InChI=1S/C17H17FN4O3/c1-9-4-5-11(8-12(9)18)22-10(2)14(16(23)25-3)15(20-17(22)24)13-6-7-19-21-13/h4-8,15H,1-3H3,(H,19,21)(H,20,24)/t15-/m0/s1. The van der Waals surface area contributed by atoms with Crippen LogP contribution in [0.15, 0.2) is 41.7 Å². The van der Waals surface area contributed by atoms with Crippen molar-refractivity contribution in [2.75, 3.05) is 12.0 Å². The second-order valence-electron chi connectivity index (χ2n) is 5.65. The summed E-state index contributed by atoms with van der Waals surface area (Å²) in [6.07, 6.45) is 1.52. The second-order valence-corrected chi connectivity index (χ2v) is 5.65. The number of urea groups is 1. The number of nitrogens with zero attached hydrogens (tertiary/aromatic N) is 2. The Hall–Kier alpha value is -3.16. The molecule has 8 heteroatoms. The summed E-state index contributed by atoms with van der Waals surface area (Å²) in [5.74, 6) is -1.02. The van der Waals surface area contributed by atoms with Gasteiger partial charge in [0.25, 0.3) is 0 Å². The van der Waals surface area contributed by atoms with Crippen LogP contribution >= 0.6 is 0 Å². The molecule has 1 aromatic carbocycles. The molecule has 3 rings (SSSR count). The van der Waals surface area contributed by atoms with Gasteiger partial charge in [-0.2, -0.15) is 5.10 Å². The van der Waals surface area contributed by atoms with Crippen molar-refractivity contribution in [1.82, 2.24) is 15.5 Å². The average Bonchev–Trinajstić information content (AvgIpc) is 3.11. The number of ether oxygens (including phenoxy) is 1. The Labute approximate surface area is 143 Å². The number of nitrogens with one attached hydrogen (secondary N) is 2. The third-order valence-electron chi connectivity index (χ3n) is 4.14. The van der Waals surface area contributed by atoms with E-state index in [0.29, 0.717) is 22.6 Å². The molecule has 0 saturated carbocycles. The minimum absolute atomic E-state index is 0.243. The Balaban J connectivity index is 2.14. The van der Waals surface area contributed by atoms with Gasteiger partial charge in [-0.1, -0.05) is 6.07 Å². The van der Waals surface area contributed by atoms with Crippen LogP contribution in [-0.4, -0.2) is 29.3 Å². The molecule has 1 aliphatic heterocycles. The molecule has 0 saturated heterocycles. The van der Waals surface area contributed by atoms with Crippen LogP contribution in [0.25, 0.3) is 0 Å². The first kappa shape index (κ1) is 16.7. The minimum atomic E-state index is -0.728. The summed E-state index contributed by atoms with van der Waals surface area (Å²) in [7, 11) is 1.26. The quantitative estimate of drug-likeness (QED) is 0.838. The third-order valence-corrected chi connectivity index (χ3v) is 4.14. The SMILES string of the molecule is COC(=O)C1=C(C)N(c2ccc(C)c(F)c2)C(=O)N[C@H]1c1ccn[nH]1. The second kappa shape index (κ2) is 6.39. The topological polar surface area (TPSA) is 87.3 Å².